The smallest absolute Gasteiger partial charge is 0.417 e. The zero-order chi connectivity index (χ0) is 32.7. The summed E-state index contributed by atoms with van der Waals surface area (Å²) in [5.41, 5.74) is -1.09. The van der Waals surface area contributed by atoms with E-state index in [-0.39, 0.29) is 23.9 Å². The summed E-state index contributed by atoms with van der Waals surface area (Å²) in [4.78, 5) is 28.5. The molecule has 0 aliphatic heterocycles. The summed E-state index contributed by atoms with van der Waals surface area (Å²) in [6.07, 6.45) is -4.07. The van der Waals surface area contributed by atoms with Crippen LogP contribution in [0.15, 0.2) is 77.7 Å². The van der Waals surface area contributed by atoms with Gasteiger partial charge < -0.3 is 15.0 Å². The van der Waals surface area contributed by atoms with Crippen LogP contribution in [-0.2, 0) is 32.3 Å². The van der Waals surface area contributed by atoms with Crippen LogP contribution in [0.3, 0.4) is 0 Å². The summed E-state index contributed by atoms with van der Waals surface area (Å²) in [7, 11) is -3.09. The van der Waals surface area contributed by atoms with E-state index in [0.29, 0.717) is 28.1 Å². The summed E-state index contributed by atoms with van der Waals surface area (Å²) in [5.74, 6) is -0.746. The number of hydrogen-bond donors (Lipinski definition) is 1. The van der Waals surface area contributed by atoms with E-state index in [1.54, 1.807) is 37.3 Å². The molecule has 2 amide bonds. The standard InChI is InChI=1S/C31H35ClF3N3O5S/c1-5-21(3)36-30(40)28(6-2)37(19-22-11-10-12-24(17-22)43-4)29(39)20-38(44(41,42)25-13-8-7-9-14-25)23-15-16-27(32)26(18-23)31(33,34)35/h7-18,21,28H,5-6,19-20H2,1-4H3,(H,36,40)/t21-,28-/m0/s1. The van der Waals surface area contributed by atoms with Crippen molar-refractivity contribution in [3.63, 3.8) is 0 Å². The number of hydrogen-bond acceptors (Lipinski definition) is 5. The Morgan fingerprint density at radius 1 is 0.977 bits per heavy atom. The number of amides is 2. The molecule has 0 heterocycles. The van der Waals surface area contributed by atoms with Gasteiger partial charge in [-0.3, -0.25) is 13.9 Å². The summed E-state index contributed by atoms with van der Waals surface area (Å²) < 4.78 is 75.1. The third-order valence-corrected chi connectivity index (χ3v) is 9.15. The van der Waals surface area contributed by atoms with E-state index in [1.165, 1.54) is 36.3 Å². The lowest BCUT2D eigenvalue weighted by molar-refractivity contribution is -0.140. The lowest BCUT2D eigenvalue weighted by Gasteiger charge is -2.34. The van der Waals surface area contributed by atoms with Gasteiger partial charge in [-0.15, -0.1) is 0 Å². The minimum Gasteiger partial charge on any atom is -0.497 e. The molecular formula is C31H35ClF3N3O5S. The molecule has 0 aliphatic rings. The molecule has 0 saturated heterocycles. The quantitative estimate of drug-likeness (QED) is 0.234. The number of carbonyl (C=O) groups is 2. The van der Waals surface area contributed by atoms with Gasteiger partial charge >= 0.3 is 6.18 Å². The number of carbonyl (C=O) groups excluding carboxylic acids is 2. The van der Waals surface area contributed by atoms with Gasteiger partial charge in [-0.2, -0.15) is 13.2 Å². The van der Waals surface area contributed by atoms with Crippen molar-refractivity contribution in [2.24, 2.45) is 0 Å². The number of halogens is 4. The lowest BCUT2D eigenvalue weighted by atomic mass is 10.1. The highest BCUT2D eigenvalue weighted by Gasteiger charge is 2.37. The van der Waals surface area contributed by atoms with Crippen molar-refractivity contribution < 1.29 is 35.9 Å². The SMILES string of the molecule is CC[C@H](C)NC(=O)[C@H](CC)N(Cc1cccc(OC)c1)C(=O)CN(c1ccc(Cl)c(C(F)(F)F)c1)S(=O)(=O)c1ccccc1. The highest BCUT2D eigenvalue weighted by atomic mass is 35.5. The van der Waals surface area contributed by atoms with Crippen LogP contribution >= 0.6 is 11.6 Å². The zero-order valence-electron chi connectivity index (χ0n) is 24.8. The average molecular weight is 654 g/mol. The number of nitrogens with one attached hydrogen (secondary N) is 1. The molecule has 0 unspecified atom stereocenters. The molecule has 2 atom stereocenters. The molecule has 1 N–H and O–H groups in total. The third-order valence-electron chi connectivity index (χ3n) is 7.03. The Kier molecular flexibility index (Phi) is 11.7. The topological polar surface area (TPSA) is 96.0 Å². The first-order valence-electron chi connectivity index (χ1n) is 13.9. The molecule has 8 nitrogen and oxygen atoms in total. The van der Waals surface area contributed by atoms with E-state index < -0.39 is 56.9 Å². The fourth-order valence-corrected chi connectivity index (χ4v) is 6.11. The monoisotopic (exact) mass is 653 g/mol. The summed E-state index contributed by atoms with van der Waals surface area (Å²) >= 11 is 5.82. The predicted octanol–water partition coefficient (Wildman–Crippen LogP) is 6.28. The van der Waals surface area contributed by atoms with Gasteiger partial charge in [-0.25, -0.2) is 8.42 Å². The molecule has 3 rings (SSSR count). The molecule has 0 aromatic heterocycles. The minimum absolute atomic E-state index is 0.101. The Morgan fingerprint density at radius 2 is 1.66 bits per heavy atom. The van der Waals surface area contributed by atoms with Crippen LogP contribution in [0.1, 0.15) is 44.7 Å². The van der Waals surface area contributed by atoms with Crippen LogP contribution < -0.4 is 14.4 Å². The van der Waals surface area contributed by atoms with E-state index >= 15 is 0 Å². The van der Waals surface area contributed by atoms with E-state index in [4.69, 9.17) is 16.3 Å². The molecule has 13 heteroatoms. The summed E-state index contributed by atoms with van der Waals surface area (Å²) in [6, 6.07) is 15.2. The van der Waals surface area contributed by atoms with E-state index in [1.807, 2.05) is 13.8 Å². The summed E-state index contributed by atoms with van der Waals surface area (Å²) in [6.45, 7) is 4.41. The Bertz CT molecular complexity index is 1550. The Balaban J connectivity index is 2.14. The molecule has 3 aromatic rings. The Morgan fingerprint density at radius 3 is 2.25 bits per heavy atom. The van der Waals surface area contributed by atoms with Gasteiger partial charge in [0.1, 0.15) is 18.3 Å². The van der Waals surface area contributed by atoms with Crippen molar-refractivity contribution in [3.05, 3.63) is 88.9 Å². The maximum absolute atomic E-state index is 14.1. The number of rotatable bonds is 13. The van der Waals surface area contributed by atoms with Gasteiger partial charge in [0, 0.05) is 12.6 Å². The normalized spacial score (nSPS) is 13.1. The number of alkyl halides is 3. The highest BCUT2D eigenvalue weighted by molar-refractivity contribution is 7.92. The van der Waals surface area contributed by atoms with Crippen molar-refractivity contribution in [2.75, 3.05) is 18.0 Å². The second-order valence-corrected chi connectivity index (χ2v) is 12.4. The molecule has 0 bridgehead atoms. The first-order chi connectivity index (χ1) is 20.7. The molecule has 0 fully saturated rings. The van der Waals surface area contributed by atoms with Crippen molar-refractivity contribution in [3.8, 4) is 5.75 Å². The second kappa shape index (κ2) is 14.8. The lowest BCUT2D eigenvalue weighted by Crippen LogP contribution is -2.53. The van der Waals surface area contributed by atoms with Gasteiger partial charge in [0.25, 0.3) is 10.0 Å². The molecule has 0 spiro atoms. The summed E-state index contributed by atoms with van der Waals surface area (Å²) in [5, 5.41) is 2.24. The van der Waals surface area contributed by atoms with Crippen LogP contribution in [0.2, 0.25) is 5.02 Å². The van der Waals surface area contributed by atoms with Gasteiger partial charge in [-0.1, -0.05) is 55.8 Å². The molecule has 0 radical (unpaired) electrons. The average Bonchev–Trinajstić information content (AvgIpc) is 2.99. The largest absolute Gasteiger partial charge is 0.497 e. The van der Waals surface area contributed by atoms with Gasteiger partial charge in [0.05, 0.1) is 28.3 Å². The minimum atomic E-state index is -4.89. The van der Waals surface area contributed by atoms with Gasteiger partial charge in [0.15, 0.2) is 0 Å². The molecule has 238 valence electrons. The second-order valence-electron chi connectivity index (χ2n) is 10.1. The van der Waals surface area contributed by atoms with Crippen LogP contribution in [0.25, 0.3) is 0 Å². The van der Waals surface area contributed by atoms with Crippen LogP contribution in [-0.4, -0.2) is 50.9 Å². The number of ether oxygens (including phenoxy) is 1. The molecule has 44 heavy (non-hydrogen) atoms. The van der Waals surface area contributed by atoms with Crippen LogP contribution in [0.4, 0.5) is 18.9 Å². The van der Waals surface area contributed by atoms with Gasteiger partial charge in [0.2, 0.25) is 11.8 Å². The Hall–Kier alpha value is -3.77. The van der Waals surface area contributed by atoms with Crippen LogP contribution in [0.5, 0.6) is 5.75 Å². The number of benzene rings is 3. The van der Waals surface area contributed by atoms with E-state index in [2.05, 4.69) is 5.32 Å². The number of methoxy groups -OCH3 is 1. The van der Waals surface area contributed by atoms with E-state index in [9.17, 15) is 31.2 Å². The molecule has 3 aromatic carbocycles. The fraction of sp³-hybridized carbons (Fsp3) is 0.355. The number of nitrogens with zero attached hydrogens (tertiary/aromatic N) is 2. The third kappa shape index (κ3) is 8.44. The number of sulfonamides is 1. The van der Waals surface area contributed by atoms with E-state index in [0.717, 1.165) is 12.1 Å². The first-order valence-corrected chi connectivity index (χ1v) is 15.7. The zero-order valence-corrected chi connectivity index (χ0v) is 26.3. The van der Waals surface area contributed by atoms with Crippen molar-refractivity contribution in [2.45, 2.75) is 63.3 Å². The number of anilines is 1. The maximum Gasteiger partial charge on any atom is 0.417 e. The van der Waals surface area contributed by atoms with Gasteiger partial charge in [-0.05, 0) is 67.8 Å². The molecule has 0 aliphatic carbocycles. The predicted molar refractivity (Wildman–Crippen MR) is 163 cm³/mol. The first kappa shape index (κ1) is 34.7. The molecular weight excluding hydrogens is 619 g/mol. The fourth-order valence-electron chi connectivity index (χ4n) is 4.46. The Labute approximate surface area is 260 Å². The van der Waals surface area contributed by atoms with Crippen molar-refractivity contribution in [1.29, 1.82) is 0 Å². The molecule has 0 saturated carbocycles. The maximum atomic E-state index is 14.1. The van der Waals surface area contributed by atoms with Crippen molar-refractivity contribution >= 4 is 39.1 Å². The van der Waals surface area contributed by atoms with Crippen LogP contribution in [0, 0.1) is 0 Å². The van der Waals surface area contributed by atoms with Crippen molar-refractivity contribution in [1.82, 2.24) is 10.2 Å². The highest BCUT2D eigenvalue weighted by Crippen LogP contribution is 2.38.